The summed E-state index contributed by atoms with van der Waals surface area (Å²) in [7, 11) is 1.41. The molecule has 2 heterocycles. The number of carbonyl (C=O) groups excluding carboxylic acids is 1. The van der Waals surface area contributed by atoms with E-state index in [0.717, 1.165) is 24.2 Å². The van der Waals surface area contributed by atoms with E-state index in [4.69, 9.17) is 4.74 Å². The number of imidazole rings is 1. The normalized spacial score (nSPS) is 19.9. The summed E-state index contributed by atoms with van der Waals surface area (Å²) >= 11 is 0. The van der Waals surface area contributed by atoms with E-state index in [1.165, 1.54) is 7.11 Å². The number of amides is 1. The van der Waals surface area contributed by atoms with E-state index in [2.05, 4.69) is 9.97 Å². The highest BCUT2D eigenvalue weighted by atomic mass is 16.5. The molecule has 1 amide bonds. The lowest BCUT2D eigenvalue weighted by atomic mass is 10.0. The Bertz CT molecular complexity index is 361. The number of aromatic amines is 1. The summed E-state index contributed by atoms with van der Waals surface area (Å²) in [6.45, 7) is 2.74. The van der Waals surface area contributed by atoms with Crippen molar-refractivity contribution in [1.82, 2.24) is 14.9 Å². The van der Waals surface area contributed by atoms with E-state index in [9.17, 15) is 4.79 Å². The van der Waals surface area contributed by atoms with Gasteiger partial charge in [-0.15, -0.1) is 0 Å². The van der Waals surface area contributed by atoms with E-state index in [0.29, 0.717) is 6.54 Å². The molecule has 0 saturated carbocycles. The molecule has 1 aromatic heterocycles. The maximum atomic E-state index is 11.5. The van der Waals surface area contributed by atoms with Crippen molar-refractivity contribution in [3.8, 4) is 0 Å². The third kappa shape index (κ3) is 1.58. The van der Waals surface area contributed by atoms with E-state index >= 15 is 0 Å². The van der Waals surface area contributed by atoms with Crippen LogP contribution in [-0.2, 0) is 11.2 Å². The van der Waals surface area contributed by atoms with Crippen molar-refractivity contribution in [2.75, 3.05) is 13.7 Å². The zero-order valence-electron chi connectivity index (χ0n) is 8.99. The lowest BCUT2D eigenvalue weighted by molar-refractivity contribution is 0.0983. The first kappa shape index (κ1) is 10.0. The summed E-state index contributed by atoms with van der Waals surface area (Å²) in [5.41, 5.74) is 2.12. The van der Waals surface area contributed by atoms with Crippen LogP contribution in [0.15, 0.2) is 6.33 Å². The monoisotopic (exact) mass is 209 g/mol. The lowest BCUT2D eigenvalue weighted by Crippen LogP contribution is -2.39. The van der Waals surface area contributed by atoms with Gasteiger partial charge in [0.1, 0.15) is 0 Å². The molecule has 15 heavy (non-hydrogen) atoms. The van der Waals surface area contributed by atoms with Gasteiger partial charge in [-0.1, -0.05) is 6.92 Å². The molecule has 5 heteroatoms. The van der Waals surface area contributed by atoms with Crippen molar-refractivity contribution in [1.29, 1.82) is 0 Å². The topological polar surface area (TPSA) is 58.2 Å². The largest absolute Gasteiger partial charge is 0.453 e. The van der Waals surface area contributed by atoms with Crippen molar-refractivity contribution < 1.29 is 9.53 Å². The van der Waals surface area contributed by atoms with Crippen LogP contribution in [0.25, 0.3) is 0 Å². The fourth-order valence-electron chi connectivity index (χ4n) is 2.10. The Hall–Kier alpha value is -1.52. The number of hydrogen-bond donors (Lipinski definition) is 1. The molecule has 1 aliphatic rings. The zero-order valence-corrected chi connectivity index (χ0v) is 8.99. The highest BCUT2D eigenvalue weighted by Gasteiger charge is 2.31. The van der Waals surface area contributed by atoms with Gasteiger partial charge < -0.3 is 9.72 Å². The quantitative estimate of drug-likeness (QED) is 0.762. The van der Waals surface area contributed by atoms with Gasteiger partial charge in [0, 0.05) is 18.7 Å². The van der Waals surface area contributed by atoms with Crippen molar-refractivity contribution in [3.05, 3.63) is 17.7 Å². The Labute approximate surface area is 88.4 Å². The molecule has 1 aromatic rings. The lowest BCUT2D eigenvalue weighted by Gasteiger charge is -2.32. The van der Waals surface area contributed by atoms with Crippen LogP contribution in [0.3, 0.4) is 0 Å². The molecule has 0 spiro atoms. The molecule has 82 valence electrons. The molecule has 2 rings (SSSR count). The molecule has 1 aliphatic heterocycles. The molecule has 0 aromatic carbocycles. The first-order valence-corrected chi connectivity index (χ1v) is 5.14. The third-order valence-electron chi connectivity index (χ3n) is 2.84. The summed E-state index contributed by atoms with van der Waals surface area (Å²) in [5, 5.41) is 0. The molecular weight excluding hydrogens is 194 g/mol. The predicted octanol–water partition coefficient (Wildman–Crippen LogP) is 1.49. The van der Waals surface area contributed by atoms with Crippen LogP contribution in [0.5, 0.6) is 0 Å². The fraction of sp³-hybridized carbons (Fsp3) is 0.600. The Morgan fingerprint density at radius 2 is 2.60 bits per heavy atom. The Kier molecular flexibility index (Phi) is 2.62. The molecule has 1 atom stereocenters. The predicted molar refractivity (Wildman–Crippen MR) is 54.4 cm³/mol. The second kappa shape index (κ2) is 3.92. The second-order valence-corrected chi connectivity index (χ2v) is 3.60. The number of carbonyl (C=O) groups is 1. The molecule has 1 N–H and O–H groups in total. The van der Waals surface area contributed by atoms with Gasteiger partial charge in [-0.25, -0.2) is 9.78 Å². The average molecular weight is 209 g/mol. The zero-order chi connectivity index (χ0) is 10.8. The summed E-state index contributed by atoms with van der Waals surface area (Å²) in [6, 6.07) is 0.0486. The van der Waals surface area contributed by atoms with Crippen LogP contribution >= 0.6 is 0 Å². The van der Waals surface area contributed by atoms with Gasteiger partial charge in [0.25, 0.3) is 0 Å². The van der Waals surface area contributed by atoms with Crippen LogP contribution in [0.1, 0.15) is 30.8 Å². The number of nitrogens with zero attached hydrogens (tertiary/aromatic N) is 2. The second-order valence-electron chi connectivity index (χ2n) is 3.60. The molecule has 0 bridgehead atoms. The first-order chi connectivity index (χ1) is 7.27. The van der Waals surface area contributed by atoms with Crippen molar-refractivity contribution in [2.24, 2.45) is 0 Å². The molecule has 0 fully saturated rings. The van der Waals surface area contributed by atoms with Crippen molar-refractivity contribution in [3.63, 3.8) is 0 Å². The molecule has 0 radical (unpaired) electrons. The van der Waals surface area contributed by atoms with E-state index in [1.807, 2.05) is 6.92 Å². The molecule has 0 saturated heterocycles. The van der Waals surface area contributed by atoms with Crippen molar-refractivity contribution >= 4 is 6.09 Å². The minimum Gasteiger partial charge on any atom is -0.453 e. The minimum atomic E-state index is -0.268. The van der Waals surface area contributed by atoms with Crippen LogP contribution < -0.4 is 0 Å². The Balaban J connectivity index is 2.28. The summed E-state index contributed by atoms with van der Waals surface area (Å²) in [6.07, 6.45) is 3.10. The van der Waals surface area contributed by atoms with Crippen LogP contribution in [0.2, 0.25) is 0 Å². The van der Waals surface area contributed by atoms with Gasteiger partial charge in [-0.05, 0) is 6.42 Å². The van der Waals surface area contributed by atoms with Gasteiger partial charge in [0.2, 0.25) is 0 Å². The number of fused-ring (bicyclic) bond motifs is 1. The Morgan fingerprint density at radius 3 is 3.27 bits per heavy atom. The number of nitrogens with one attached hydrogen (secondary N) is 1. The fourth-order valence-corrected chi connectivity index (χ4v) is 2.10. The first-order valence-electron chi connectivity index (χ1n) is 5.14. The van der Waals surface area contributed by atoms with Crippen LogP contribution in [0, 0.1) is 0 Å². The van der Waals surface area contributed by atoms with E-state index in [-0.39, 0.29) is 12.1 Å². The maximum absolute atomic E-state index is 11.5. The Morgan fingerprint density at radius 1 is 1.80 bits per heavy atom. The number of hydrogen-bond acceptors (Lipinski definition) is 3. The summed E-state index contributed by atoms with van der Waals surface area (Å²) in [4.78, 5) is 20.7. The number of aromatic nitrogens is 2. The highest BCUT2D eigenvalue weighted by Crippen LogP contribution is 2.29. The van der Waals surface area contributed by atoms with Gasteiger partial charge >= 0.3 is 6.09 Å². The molecule has 0 aliphatic carbocycles. The standard InChI is InChI=1S/C10H15N3O2/c1-3-8-9-7(11-6-12-9)4-5-13(8)10(14)15-2/h6,8H,3-5H2,1-2H3,(H,11,12)/t8-/m1/s1. The minimum absolute atomic E-state index is 0.0486. The van der Waals surface area contributed by atoms with Gasteiger partial charge in [-0.2, -0.15) is 0 Å². The maximum Gasteiger partial charge on any atom is 0.410 e. The van der Waals surface area contributed by atoms with Gasteiger partial charge in [-0.3, -0.25) is 4.90 Å². The van der Waals surface area contributed by atoms with Crippen LogP contribution in [0.4, 0.5) is 4.79 Å². The third-order valence-corrected chi connectivity index (χ3v) is 2.84. The average Bonchev–Trinajstić information content (AvgIpc) is 2.74. The summed E-state index contributed by atoms with van der Waals surface area (Å²) in [5.74, 6) is 0. The highest BCUT2D eigenvalue weighted by molar-refractivity contribution is 5.68. The molecule has 0 unspecified atom stereocenters. The number of H-pyrrole nitrogens is 1. The summed E-state index contributed by atoms with van der Waals surface area (Å²) < 4.78 is 4.76. The number of methoxy groups -OCH3 is 1. The van der Waals surface area contributed by atoms with Crippen LogP contribution in [-0.4, -0.2) is 34.6 Å². The molecular formula is C10H15N3O2. The van der Waals surface area contributed by atoms with Crippen molar-refractivity contribution in [2.45, 2.75) is 25.8 Å². The SMILES string of the molecule is CC[C@@H]1c2nc[nH]c2CCN1C(=O)OC. The number of rotatable bonds is 1. The van der Waals surface area contributed by atoms with Gasteiger partial charge in [0.05, 0.1) is 25.2 Å². The molecule has 5 nitrogen and oxygen atoms in total. The van der Waals surface area contributed by atoms with E-state index < -0.39 is 0 Å². The van der Waals surface area contributed by atoms with E-state index in [1.54, 1.807) is 11.2 Å². The number of ether oxygens (including phenoxy) is 1. The van der Waals surface area contributed by atoms with Gasteiger partial charge in [0.15, 0.2) is 0 Å². The smallest absolute Gasteiger partial charge is 0.410 e.